The van der Waals surface area contributed by atoms with Crippen molar-refractivity contribution in [3.8, 4) is 0 Å². The first-order valence-corrected chi connectivity index (χ1v) is 12.8. The van der Waals surface area contributed by atoms with E-state index in [9.17, 15) is 9.59 Å². The lowest BCUT2D eigenvalue weighted by Crippen LogP contribution is -2.65. The molecule has 4 aliphatic rings. The SMILES string of the molecule is CC(=O)NC(CCCCN)C(=O)NC(Cc1ccccc1)B1O[C@@H]2C[C@@H]3C[C@@H](C3(C)C)[C@]2(C)O1. The van der Waals surface area contributed by atoms with Gasteiger partial charge < -0.3 is 25.7 Å². The van der Waals surface area contributed by atoms with Gasteiger partial charge in [0.1, 0.15) is 6.04 Å². The number of hydrogen-bond donors (Lipinski definition) is 3. The van der Waals surface area contributed by atoms with E-state index in [0.29, 0.717) is 31.2 Å². The minimum absolute atomic E-state index is 0.0418. The lowest BCUT2D eigenvalue weighted by Gasteiger charge is -2.64. The Morgan fingerprint density at radius 3 is 2.53 bits per heavy atom. The molecule has 0 aromatic heterocycles. The van der Waals surface area contributed by atoms with Gasteiger partial charge in [0.15, 0.2) is 0 Å². The first-order chi connectivity index (χ1) is 16.1. The van der Waals surface area contributed by atoms with Gasteiger partial charge >= 0.3 is 7.12 Å². The molecule has 0 radical (unpaired) electrons. The zero-order valence-electron chi connectivity index (χ0n) is 21.0. The molecule has 2 amide bonds. The summed E-state index contributed by atoms with van der Waals surface area (Å²) in [6.07, 6.45) is 4.93. The number of carbonyl (C=O) groups is 2. The smallest absolute Gasteiger partial charge is 0.404 e. The molecular formula is C26H40BN3O4. The molecule has 186 valence electrons. The lowest BCUT2D eigenvalue weighted by atomic mass is 9.43. The van der Waals surface area contributed by atoms with Gasteiger partial charge in [-0.1, -0.05) is 44.2 Å². The van der Waals surface area contributed by atoms with Crippen LogP contribution in [-0.2, 0) is 25.3 Å². The molecule has 2 unspecified atom stereocenters. The fourth-order valence-electron chi connectivity index (χ4n) is 6.44. The summed E-state index contributed by atoms with van der Waals surface area (Å²) in [5.41, 5.74) is 6.63. The molecule has 34 heavy (non-hydrogen) atoms. The molecule has 0 spiro atoms. The standard InChI is InChI=1S/C26H40BN3O4/c1-17(31)29-20(12-8-9-13-28)24(32)30-23(14-18-10-6-5-7-11-18)27-33-22-16-19-15-21(25(19,2)3)26(22,4)34-27/h5-7,10-11,19-23H,8-9,12-16,28H2,1-4H3,(H,29,31)(H,30,32)/t19-,20?,21-,22+,23?,26-/m0/s1. The fourth-order valence-corrected chi connectivity index (χ4v) is 6.44. The molecule has 5 rings (SSSR count). The van der Waals surface area contributed by atoms with Crippen LogP contribution in [0.2, 0.25) is 0 Å². The van der Waals surface area contributed by atoms with E-state index in [4.69, 9.17) is 15.0 Å². The topological polar surface area (TPSA) is 103 Å². The van der Waals surface area contributed by atoms with Crippen LogP contribution in [0.25, 0.3) is 0 Å². The highest BCUT2D eigenvalue weighted by Crippen LogP contribution is 2.65. The molecule has 4 fully saturated rings. The van der Waals surface area contributed by atoms with Gasteiger partial charge in [-0.15, -0.1) is 0 Å². The van der Waals surface area contributed by atoms with Gasteiger partial charge in [-0.25, -0.2) is 0 Å². The molecule has 7 nitrogen and oxygen atoms in total. The predicted octanol–water partition coefficient (Wildman–Crippen LogP) is 2.62. The van der Waals surface area contributed by atoms with E-state index in [2.05, 4.69) is 43.5 Å². The van der Waals surface area contributed by atoms with Crippen LogP contribution in [0.3, 0.4) is 0 Å². The third-order valence-electron chi connectivity index (χ3n) is 8.56. The highest BCUT2D eigenvalue weighted by atomic mass is 16.7. The molecule has 3 aliphatic carbocycles. The van der Waals surface area contributed by atoms with Crippen LogP contribution >= 0.6 is 0 Å². The number of benzene rings is 1. The van der Waals surface area contributed by atoms with Gasteiger partial charge in [-0.05, 0) is 74.8 Å². The summed E-state index contributed by atoms with van der Waals surface area (Å²) < 4.78 is 13.2. The fraction of sp³-hybridized carbons (Fsp3) is 0.692. The van der Waals surface area contributed by atoms with Crippen molar-refractivity contribution in [2.24, 2.45) is 23.0 Å². The average Bonchev–Trinajstić information content (AvgIpc) is 3.15. The van der Waals surface area contributed by atoms with Crippen molar-refractivity contribution in [1.29, 1.82) is 0 Å². The van der Waals surface area contributed by atoms with Gasteiger partial charge in [0.05, 0.1) is 17.6 Å². The Labute approximate surface area is 204 Å². The van der Waals surface area contributed by atoms with Gasteiger partial charge in [0, 0.05) is 6.92 Å². The molecule has 1 heterocycles. The normalized spacial score (nSPS) is 30.6. The summed E-state index contributed by atoms with van der Waals surface area (Å²) >= 11 is 0. The molecule has 1 aromatic rings. The van der Waals surface area contributed by atoms with Gasteiger partial charge in [-0.3, -0.25) is 9.59 Å². The molecule has 1 aliphatic heterocycles. The van der Waals surface area contributed by atoms with E-state index >= 15 is 0 Å². The molecule has 4 N–H and O–H groups in total. The molecule has 3 saturated carbocycles. The second-order valence-corrected chi connectivity index (χ2v) is 11.2. The molecular weight excluding hydrogens is 429 g/mol. The largest absolute Gasteiger partial charge is 0.482 e. The number of nitrogens with one attached hydrogen (secondary N) is 2. The van der Waals surface area contributed by atoms with Crippen molar-refractivity contribution < 1.29 is 18.9 Å². The van der Waals surface area contributed by atoms with Gasteiger partial charge in [-0.2, -0.15) is 0 Å². The van der Waals surface area contributed by atoms with E-state index in [0.717, 1.165) is 24.8 Å². The number of rotatable bonds is 10. The Morgan fingerprint density at radius 1 is 1.15 bits per heavy atom. The zero-order chi connectivity index (χ0) is 24.5. The minimum Gasteiger partial charge on any atom is -0.404 e. The number of hydrogen-bond acceptors (Lipinski definition) is 5. The van der Waals surface area contributed by atoms with Gasteiger partial charge in [0.25, 0.3) is 0 Å². The quantitative estimate of drug-likeness (QED) is 0.361. The first kappa shape index (κ1) is 25.2. The highest BCUT2D eigenvalue weighted by molar-refractivity contribution is 6.48. The summed E-state index contributed by atoms with van der Waals surface area (Å²) in [4.78, 5) is 25.1. The lowest BCUT2D eigenvalue weighted by molar-refractivity contribution is -0.199. The Kier molecular flexibility index (Phi) is 7.41. The summed E-state index contributed by atoms with van der Waals surface area (Å²) in [7, 11) is -0.531. The Morgan fingerprint density at radius 2 is 1.88 bits per heavy atom. The summed E-state index contributed by atoms with van der Waals surface area (Å²) in [5, 5.41) is 5.99. The van der Waals surface area contributed by atoms with Crippen molar-refractivity contribution in [2.45, 2.75) is 89.9 Å². The van der Waals surface area contributed by atoms with E-state index in [1.807, 2.05) is 18.2 Å². The van der Waals surface area contributed by atoms with Crippen LogP contribution in [-0.4, -0.2) is 49.2 Å². The van der Waals surface area contributed by atoms with Crippen molar-refractivity contribution in [2.75, 3.05) is 6.54 Å². The minimum atomic E-state index is -0.603. The molecule has 8 heteroatoms. The number of unbranched alkanes of at least 4 members (excludes halogenated alkanes) is 1. The Hall–Kier alpha value is -1.90. The van der Waals surface area contributed by atoms with Crippen LogP contribution in [0.4, 0.5) is 0 Å². The molecule has 2 bridgehead atoms. The maximum Gasteiger partial charge on any atom is 0.482 e. The summed E-state index contributed by atoms with van der Waals surface area (Å²) in [6, 6.07) is 9.47. The van der Waals surface area contributed by atoms with Crippen molar-refractivity contribution in [3.63, 3.8) is 0 Å². The van der Waals surface area contributed by atoms with Crippen LogP contribution < -0.4 is 16.4 Å². The maximum absolute atomic E-state index is 13.3. The van der Waals surface area contributed by atoms with Gasteiger partial charge in [0.2, 0.25) is 11.8 Å². The number of amides is 2. The third kappa shape index (κ3) is 4.91. The van der Waals surface area contributed by atoms with E-state index in [1.54, 1.807) is 0 Å². The van der Waals surface area contributed by atoms with E-state index < -0.39 is 13.2 Å². The number of carbonyl (C=O) groups excluding carboxylic acids is 2. The summed E-state index contributed by atoms with van der Waals surface area (Å²) in [5.74, 6) is 0.326. The third-order valence-corrected chi connectivity index (χ3v) is 8.56. The second kappa shape index (κ2) is 10.00. The highest BCUT2D eigenvalue weighted by Gasteiger charge is 2.68. The van der Waals surface area contributed by atoms with Crippen molar-refractivity contribution in [3.05, 3.63) is 35.9 Å². The zero-order valence-corrected chi connectivity index (χ0v) is 21.0. The van der Waals surface area contributed by atoms with Crippen molar-refractivity contribution in [1.82, 2.24) is 10.6 Å². The van der Waals surface area contributed by atoms with Crippen molar-refractivity contribution >= 4 is 18.9 Å². The second-order valence-electron chi connectivity index (χ2n) is 11.2. The van der Waals surface area contributed by atoms with E-state index in [-0.39, 0.29) is 34.9 Å². The molecule has 1 aromatic carbocycles. The maximum atomic E-state index is 13.3. The van der Waals surface area contributed by atoms with Crippen LogP contribution in [0.15, 0.2) is 30.3 Å². The Bertz CT molecular complexity index is 882. The van der Waals surface area contributed by atoms with Crippen LogP contribution in [0, 0.1) is 17.3 Å². The molecule has 1 saturated heterocycles. The monoisotopic (exact) mass is 469 g/mol. The molecule has 6 atom stereocenters. The van der Waals surface area contributed by atoms with E-state index in [1.165, 1.54) is 13.3 Å². The number of nitrogens with two attached hydrogens (primary N) is 1. The van der Waals surface area contributed by atoms with Crippen LogP contribution in [0.1, 0.15) is 65.4 Å². The van der Waals surface area contributed by atoms with Crippen LogP contribution in [0.5, 0.6) is 0 Å². The average molecular weight is 469 g/mol. The predicted molar refractivity (Wildman–Crippen MR) is 133 cm³/mol. The summed E-state index contributed by atoms with van der Waals surface area (Å²) in [6.45, 7) is 8.87. The Balaban J connectivity index is 1.51. The first-order valence-electron chi connectivity index (χ1n) is 12.8.